The Kier molecular flexibility index (Phi) is 7.59. The molecule has 5 rings (SSSR count). The number of carboxylic acid groups (broad SMARTS) is 1. The minimum absolute atomic E-state index is 0.213. The Morgan fingerprint density at radius 1 is 0.846 bits per heavy atom. The van der Waals surface area contributed by atoms with E-state index in [1.54, 1.807) is 36.4 Å². The van der Waals surface area contributed by atoms with Crippen molar-refractivity contribution in [1.29, 1.82) is 0 Å². The van der Waals surface area contributed by atoms with E-state index in [1.807, 2.05) is 53.2 Å². The molecule has 0 unspecified atom stereocenters. The summed E-state index contributed by atoms with van der Waals surface area (Å²) in [5.74, 6) is -2.10. The zero-order valence-corrected chi connectivity index (χ0v) is 21.8. The van der Waals surface area contributed by atoms with E-state index in [4.69, 9.17) is 28.2 Å². The van der Waals surface area contributed by atoms with Crippen molar-refractivity contribution in [3.63, 3.8) is 0 Å². The number of carbonyl (C=O) groups is 1. The van der Waals surface area contributed by atoms with E-state index in [2.05, 4.69) is 0 Å². The molecule has 0 fully saturated rings. The second-order valence-electron chi connectivity index (χ2n) is 8.82. The molecule has 8 heteroatoms. The minimum Gasteiger partial charge on any atom is -0.478 e. The summed E-state index contributed by atoms with van der Waals surface area (Å²) in [5, 5.41) is 10.2. The Morgan fingerprint density at radius 3 is 2.23 bits per heavy atom. The van der Waals surface area contributed by atoms with Crippen LogP contribution in [-0.4, -0.2) is 20.6 Å². The van der Waals surface area contributed by atoms with Gasteiger partial charge >= 0.3 is 5.97 Å². The predicted molar refractivity (Wildman–Crippen MR) is 151 cm³/mol. The third-order valence-electron chi connectivity index (χ3n) is 6.16. The van der Waals surface area contributed by atoms with E-state index in [0.717, 1.165) is 28.3 Å². The van der Waals surface area contributed by atoms with Crippen molar-refractivity contribution in [2.75, 3.05) is 0 Å². The van der Waals surface area contributed by atoms with Crippen LogP contribution >= 0.6 is 23.2 Å². The lowest BCUT2D eigenvalue weighted by molar-refractivity contribution is 0.0697. The van der Waals surface area contributed by atoms with Crippen molar-refractivity contribution in [1.82, 2.24) is 9.55 Å². The fourth-order valence-corrected chi connectivity index (χ4v) is 4.60. The summed E-state index contributed by atoms with van der Waals surface area (Å²) in [6.07, 6.45) is 5.65. The zero-order chi connectivity index (χ0) is 27.5. The number of nitrogens with zero attached hydrogens (tertiary/aromatic N) is 2. The Hall–Kier alpha value is -4.26. The van der Waals surface area contributed by atoms with Crippen molar-refractivity contribution in [3.8, 4) is 22.4 Å². The van der Waals surface area contributed by atoms with Gasteiger partial charge in [0, 0.05) is 23.3 Å². The molecule has 0 aliphatic carbocycles. The van der Waals surface area contributed by atoms with Gasteiger partial charge in [-0.3, -0.25) is 0 Å². The van der Waals surface area contributed by atoms with Crippen LogP contribution in [0.3, 0.4) is 0 Å². The summed E-state index contributed by atoms with van der Waals surface area (Å²) in [7, 11) is 0. The highest BCUT2D eigenvalue weighted by molar-refractivity contribution is 6.36. The van der Waals surface area contributed by atoms with Crippen LogP contribution in [0.15, 0.2) is 91.1 Å². The molecule has 0 saturated heterocycles. The monoisotopic (exact) mass is 560 g/mol. The van der Waals surface area contributed by atoms with Crippen LogP contribution in [0.4, 0.5) is 8.78 Å². The smallest absolute Gasteiger partial charge is 0.335 e. The lowest BCUT2D eigenvalue weighted by atomic mass is 10.0. The molecule has 1 aromatic heterocycles. The van der Waals surface area contributed by atoms with E-state index in [1.165, 1.54) is 12.1 Å². The van der Waals surface area contributed by atoms with Crippen molar-refractivity contribution < 1.29 is 18.7 Å². The fraction of sp³-hybridized carbons (Fsp3) is 0.0323. The fourth-order valence-electron chi connectivity index (χ4n) is 4.10. The first-order valence-electron chi connectivity index (χ1n) is 11.9. The van der Waals surface area contributed by atoms with Crippen molar-refractivity contribution in [2.24, 2.45) is 0 Å². The van der Waals surface area contributed by atoms with Gasteiger partial charge in [-0.2, -0.15) is 0 Å². The van der Waals surface area contributed by atoms with Gasteiger partial charge < -0.3 is 9.67 Å². The van der Waals surface area contributed by atoms with Crippen LogP contribution in [0.5, 0.6) is 0 Å². The number of hydrogen-bond acceptors (Lipinski definition) is 2. The van der Waals surface area contributed by atoms with Crippen LogP contribution in [0.1, 0.15) is 27.3 Å². The summed E-state index contributed by atoms with van der Waals surface area (Å²) in [5.41, 5.74) is 4.73. The first-order valence-corrected chi connectivity index (χ1v) is 12.6. The second kappa shape index (κ2) is 11.2. The lowest BCUT2D eigenvalue weighted by Gasteiger charge is -2.06. The molecule has 1 heterocycles. The average molecular weight is 561 g/mol. The highest BCUT2D eigenvalue weighted by Gasteiger charge is 2.12. The number of hydrogen-bond donors (Lipinski definition) is 1. The molecule has 4 aromatic carbocycles. The van der Waals surface area contributed by atoms with Crippen LogP contribution < -0.4 is 0 Å². The predicted octanol–water partition coefficient (Wildman–Crippen LogP) is 8.72. The normalized spacial score (nSPS) is 11.3. The van der Waals surface area contributed by atoms with Gasteiger partial charge in [-0.05, 0) is 70.8 Å². The highest BCUT2D eigenvalue weighted by atomic mass is 35.5. The molecule has 0 amide bonds. The molecule has 0 aliphatic rings. The number of carboxylic acids is 1. The molecule has 0 saturated carbocycles. The van der Waals surface area contributed by atoms with Gasteiger partial charge in [0.1, 0.15) is 5.82 Å². The number of aromatic carboxylic acids is 1. The lowest BCUT2D eigenvalue weighted by Crippen LogP contribution is -2.02. The first kappa shape index (κ1) is 26.4. The third kappa shape index (κ3) is 6.08. The van der Waals surface area contributed by atoms with E-state index in [0.29, 0.717) is 33.7 Å². The van der Waals surface area contributed by atoms with Gasteiger partial charge in [-0.1, -0.05) is 71.7 Å². The Labute approximate surface area is 233 Å². The molecule has 1 N–H and O–H groups in total. The standard InChI is InChI=1S/C31H20Cl2F2N2O2/c32-24-11-12-25(26(33)16-24)29-18-37(17-20-3-8-22(9-4-20)31(38)39)30(36-29)14-5-19-1-6-21(7-2-19)23-10-13-27(34)28(35)15-23/h1-16,18H,17H2,(H,38,39). The minimum atomic E-state index is -0.983. The topological polar surface area (TPSA) is 55.1 Å². The Bertz CT molecular complexity index is 1700. The maximum atomic E-state index is 13.6. The van der Waals surface area contributed by atoms with Gasteiger partial charge in [0.15, 0.2) is 11.6 Å². The zero-order valence-electron chi connectivity index (χ0n) is 20.3. The maximum Gasteiger partial charge on any atom is 0.335 e. The summed E-state index contributed by atoms with van der Waals surface area (Å²) in [4.78, 5) is 16.0. The number of benzene rings is 4. The molecule has 39 heavy (non-hydrogen) atoms. The van der Waals surface area contributed by atoms with Crippen molar-refractivity contribution in [3.05, 3.63) is 135 Å². The van der Waals surface area contributed by atoms with Gasteiger partial charge in [0.05, 0.1) is 16.3 Å². The number of rotatable bonds is 7. The molecular formula is C31H20Cl2F2N2O2. The number of aromatic nitrogens is 2. The summed E-state index contributed by atoms with van der Waals surface area (Å²) >= 11 is 12.5. The summed E-state index contributed by atoms with van der Waals surface area (Å²) in [6, 6.07) is 23.1. The van der Waals surface area contributed by atoms with Crippen LogP contribution in [-0.2, 0) is 6.54 Å². The maximum absolute atomic E-state index is 13.6. The molecule has 0 atom stereocenters. The van der Waals surface area contributed by atoms with Gasteiger partial charge in [-0.25, -0.2) is 18.6 Å². The van der Waals surface area contributed by atoms with E-state index in [-0.39, 0.29) is 5.56 Å². The number of imidazole rings is 1. The van der Waals surface area contributed by atoms with Crippen molar-refractivity contribution in [2.45, 2.75) is 6.54 Å². The molecule has 0 radical (unpaired) electrons. The van der Waals surface area contributed by atoms with Crippen molar-refractivity contribution >= 4 is 41.3 Å². The molecule has 0 aliphatic heterocycles. The van der Waals surface area contributed by atoms with Gasteiger partial charge in [0.2, 0.25) is 0 Å². The van der Waals surface area contributed by atoms with Crippen LogP contribution in [0, 0.1) is 11.6 Å². The Morgan fingerprint density at radius 2 is 1.56 bits per heavy atom. The molecule has 194 valence electrons. The quantitative estimate of drug-likeness (QED) is 0.216. The molecule has 0 spiro atoms. The highest BCUT2D eigenvalue weighted by Crippen LogP contribution is 2.30. The number of halogens is 4. The third-order valence-corrected chi connectivity index (χ3v) is 6.70. The first-order chi connectivity index (χ1) is 18.8. The Balaban J connectivity index is 1.45. The van der Waals surface area contributed by atoms with Crippen LogP contribution in [0.25, 0.3) is 34.5 Å². The molecule has 4 nitrogen and oxygen atoms in total. The molecular weight excluding hydrogens is 541 g/mol. The van der Waals surface area contributed by atoms with Gasteiger partial charge in [-0.15, -0.1) is 0 Å². The second-order valence-corrected chi connectivity index (χ2v) is 9.67. The average Bonchev–Trinajstić information content (AvgIpc) is 3.31. The summed E-state index contributed by atoms with van der Waals surface area (Å²) in [6.45, 7) is 0.451. The molecule has 0 bridgehead atoms. The SMILES string of the molecule is O=C(O)c1ccc(Cn2cc(-c3ccc(Cl)cc3Cl)nc2C=Cc2ccc(-c3ccc(F)c(F)c3)cc2)cc1. The van der Waals surface area contributed by atoms with E-state index >= 15 is 0 Å². The van der Waals surface area contributed by atoms with Crippen LogP contribution in [0.2, 0.25) is 10.0 Å². The van der Waals surface area contributed by atoms with Gasteiger partial charge in [0.25, 0.3) is 0 Å². The van der Waals surface area contributed by atoms with E-state index in [9.17, 15) is 18.7 Å². The summed E-state index contributed by atoms with van der Waals surface area (Å²) < 4.78 is 28.9. The molecule has 5 aromatic rings. The van der Waals surface area contributed by atoms with E-state index < -0.39 is 17.6 Å². The largest absolute Gasteiger partial charge is 0.478 e.